The van der Waals surface area contributed by atoms with Crippen LogP contribution < -0.4 is 0 Å². The van der Waals surface area contributed by atoms with Crippen LogP contribution in [0.5, 0.6) is 0 Å². The van der Waals surface area contributed by atoms with E-state index >= 15 is 0 Å². The number of nitrogens with zero attached hydrogens (tertiary/aromatic N) is 3. The molecule has 0 N–H and O–H groups in total. The maximum absolute atomic E-state index is 5.87. The van der Waals surface area contributed by atoms with Crippen molar-refractivity contribution >= 4 is 46.4 Å². The molecule has 2 heterocycles. The Morgan fingerprint density at radius 1 is 1.29 bits per heavy atom. The second-order valence-electron chi connectivity index (χ2n) is 3.33. The molecule has 0 radical (unpaired) electrons. The highest BCUT2D eigenvalue weighted by Gasteiger charge is 2.03. The van der Waals surface area contributed by atoms with E-state index in [9.17, 15) is 0 Å². The summed E-state index contributed by atoms with van der Waals surface area (Å²) in [5.41, 5.74) is 2.24. The van der Waals surface area contributed by atoms with Gasteiger partial charge >= 0.3 is 0 Å². The molecule has 0 fully saturated rings. The molecule has 84 valence electrons. The first-order valence-corrected chi connectivity index (χ1v) is 6.04. The van der Waals surface area contributed by atoms with E-state index in [1.165, 1.54) is 11.5 Å². The van der Waals surface area contributed by atoms with Crippen LogP contribution >= 0.6 is 23.1 Å². The van der Waals surface area contributed by atoms with Crippen molar-refractivity contribution < 1.29 is 4.42 Å². The molecule has 3 aromatic rings. The fraction of sp³-hybridized carbons (Fsp3) is 0. The fourth-order valence-corrected chi connectivity index (χ4v) is 1.98. The third-order valence-electron chi connectivity index (χ3n) is 2.14. The van der Waals surface area contributed by atoms with Gasteiger partial charge in [0.05, 0.1) is 5.69 Å². The summed E-state index contributed by atoms with van der Waals surface area (Å²) in [4.78, 5) is 4.29. The van der Waals surface area contributed by atoms with Gasteiger partial charge in [0.1, 0.15) is 5.52 Å². The molecule has 0 bridgehead atoms. The quantitative estimate of drug-likeness (QED) is 0.710. The minimum absolute atomic E-state index is 0.523. The summed E-state index contributed by atoms with van der Waals surface area (Å²) in [5.74, 6) is 0.523. The number of benzene rings is 1. The fourth-order valence-electron chi connectivity index (χ4n) is 1.39. The van der Waals surface area contributed by atoms with E-state index in [1.54, 1.807) is 30.4 Å². The van der Waals surface area contributed by atoms with Crippen molar-refractivity contribution in [2.75, 3.05) is 0 Å². The van der Waals surface area contributed by atoms with Crippen molar-refractivity contribution in [2.24, 2.45) is 0 Å². The number of halogens is 1. The first-order chi connectivity index (χ1) is 8.31. The molecule has 0 unspecified atom stereocenters. The molecule has 0 spiro atoms. The lowest BCUT2D eigenvalue weighted by Gasteiger charge is -1.85. The van der Waals surface area contributed by atoms with E-state index < -0.39 is 0 Å². The molecule has 0 aliphatic carbocycles. The van der Waals surface area contributed by atoms with Gasteiger partial charge in [-0.25, -0.2) is 4.98 Å². The molecule has 3 rings (SSSR count). The van der Waals surface area contributed by atoms with Crippen molar-refractivity contribution in [2.45, 2.75) is 0 Å². The summed E-state index contributed by atoms with van der Waals surface area (Å²) in [6.07, 6.45) is 3.56. The molecule has 6 heteroatoms. The molecule has 0 saturated heterocycles. The summed E-state index contributed by atoms with van der Waals surface area (Å²) in [6.45, 7) is 0. The van der Waals surface area contributed by atoms with E-state index in [0.29, 0.717) is 16.5 Å². The Balaban J connectivity index is 1.96. The Morgan fingerprint density at radius 2 is 2.24 bits per heavy atom. The van der Waals surface area contributed by atoms with Gasteiger partial charge in [0, 0.05) is 16.5 Å². The molecule has 2 aromatic heterocycles. The van der Waals surface area contributed by atoms with E-state index in [1.807, 2.05) is 5.38 Å². The number of oxazole rings is 1. The number of rotatable bonds is 2. The zero-order valence-corrected chi connectivity index (χ0v) is 10.1. The van der Waals surface area contributed by atoms with Gasteiger partial charge in [0.2, 0.25) is 5.89 Å². The highest BCUT2D eigenvalue weighted by Crippen LogP contribution is 2.20. The van der Waals surface area contributed by atoms with Gasteiger partial charge in [-0.05, 0) is 35.8 Å². The predicted octanol–water partition coefficient (Wildman–Crippen LogP) is 3.50. The minimum atomic E-state index is 0.523. The first-order valence-electron chi connectivity index (χ1n) is 4.82. The normalized spacial score (nSPS) is 11.6. The monoisotopic (exact) mass is 263 g/mol. The average molecular weight is 264 g/mol. The van der Waals surface area contributed by atoms with E-state index in [-0.39, 0.29) is 0 Å². The Labute approximate surface area is 106 Å². The van der Waals surface area contributed by atoms with Crippen molar-refractivity contribution in [3.8, 4) is 0 Å². The third-order valence-corrected chi connectivity index (χ3v) is 2.90. The predicted molar refractivity (Wildman–Crippen MR) is 67.9 cm³/mol. The third kappa shape index (κ3) is 2.20. The Kier molecular flexibility index (Phi) is 2.62. The van der Waals surface area contributed by atoms with Gasteiger partial charge in [-0.2, -0.15) is 0 Å². The number of fused-ring (bicyclic) bond motifs is 1. The van der Waals surface area contributed by atoms with Crippen molar-refractivity contribution in [3.63, 3.8) is 0 Å². The summed E-state index contributed by atoms with van der Waals surface area (Å²) in [5, 5.41) is 6.38. The van der Waals surface area contributed by atoms with Crippen LogP contribution in [0, 0.1) is 0 Å². The van der Waals surface area contributed by atoms with Gasteiger partial charge < -0.3 is 4.42 Å². The summed E-state index contributed by atoms with van der Waals surface area (Å²) >= 11 is 7.17. The summed E-state index contributed by atoms with van der Waals surface area (Å²) < 4.78 is 9.28. The van der Waals surface area contributed by atoms with Gasteiger partial charge in [0.25, 0.3) is 0 Å². The molecule has 1 aromatic carbocycles. The Hall–Kier alpha value is -1.72. The molecule has 4 nitrogen and oxygen atoms in total. The highest BCUT2D eigenvalue weighted by atomic mass is 35.5. The largest absolute Gasteiger partial charge is 0.437 e. The van der Waals surface area contributed by atoms with Crippen LogP contribution in [0.2, 0.25) is 5.02 Å². The van der Waals surface area contributed by atoms with Crippen LogP contribution in [0.4, 0.5) is 0 Å². The lowest BCUT2D eigenvalue weighted by Crippen LogP contribution is -1.72. The molecular weight excluding hydrogens is 258 g/mol. The van der Waals surface area contributed by atoms with Gasteiger partial charge in [-0.3, -0.25) is 0 Å². The van der Waals surface area contributed by atoms with Crippen LogP contribution in [0.3, 0.4) is 0 Å². The molecule has 0 saturated carbocycles. The van der Waals surface area contributed by atoms with Crippen molar-refractivity contribution in [1.82, 2.24) is 14.6 Å². The van der Waals surface area contributed by atoms with Crippen LogP contribution in [0.25, 0.3) is 23.3 Å². The lowest BCUT2D eigenvalue weighted by atomic mass is 10.3. The van der Waals surface area contributed by atoms with Gasteiger partial charge in [-0.15, -0.1) is 5.10 Å². The molecule has 0 amide bonds. The van der Waals surface area contributed by atoms with Crippen LogP contribution in [-0.2, 0) is 0 Å². The number of aromatic nitrogens is 3. The standard InChI is InChI=1S/C11H6ClN3OS/c12-7-1-3-10-9(5-7)13-11(16-10)4-2-8-6-17-15-14-8/h1-6H. The molecule has 0 aliphatic heterocycles. The lowest BCUT2D eigenvalue weighted by molar-refractivity contribution is 0.589. The maximum Gasteiger partial charge on any atom is 0.220 e. The minimum Gasteiger partial charge on any atom is -0.437 e. The van der Waals surface area contributed by atoms with E-state index in [4.69, 9.17) is 16.0 Å². The summed E-state index contributed by atoms with van der Waals surface area (Å²) in [6, 6.07) is 5.33. The zero-order valence-electron chi connectivity index (χ0n) is 8.50. The molecular formula is C11H6ClN3OS. The Morgan fingerprint density at radius 3 is 3.06 bits per heavy atom. The zero-order chi connectivity index (χ0) is 11.7. The number of hydrogen-bond acceptors (Lipinski definition) is 5. The second-order valence-corrected chi connectivity index (χ2v) is 4.37. The topological polar surface area (TPSA) is 51.8 Å². The SMILES string of the molecule is Clc1ccc2oc(C=Cc3csnn3)nc2c1. The van der Waals surface area contributed by atoms with Crippen molar-refractivity contribution in [1.29, 1.82) is 0 Å². The van der Waals surface area contributed by atoms with Crippen LogP contribution in [-0.4, -0.2) is 14.6 Å². The van der Waals surface area contributed by atoms with Gasteiger partial charge in [0.15, 0.2) is 5.58 Å². The molecule has 0 aliphatic rings. The maximum atomic E-state index is 5.87. The second kappa shape index (κ2) is 4.27. The van der Waals surface area contributed by atoms with Crippen molar-refractivity contribution in [3.05, 3.63) is 40.2 Å². The molecule has 17 heavy (non-hydrogen) atoms. The first kappa shape index (κ1) is 10.4. The highest BCUT2D eigenvalue weighted by molar-refractivity contribution is 7.03. The van der Waals surface area contributed by atoms with Crippen LogP contribution in [0.15, 0.2) is 28.0 Å². The smallest absolute Gasteiger partial charge is 0.220 e. The van der Waals surface area contributed by atoms with E-state index in [2.05, 4.69) is 14.6 Å². The number of hydrogen-bond donors (Lipinski definition) is 0. The average Bonchev–Trinajstić information content (AvgIpc) is 2.94. The summed E-state index contributed by atoms with van der Waals surface area (Å²) in [7, 11) is 0. The van der Waals surface area contributed by atoms with Crippen LogP contribution in [0.1, 0.15) is 11.6 Å². The Bertz CT molecular complexity index is 675. The molecule has 0 atom stereocenters. The van der Waals surface area contributed by atoms with Gasteiger partial charge in [-0.1, -0.05) is 16.1 Å². The van der Waals surface area contributed by atoms with E-state index in [0.717, 1.165) is 11.2 Å².